The molecule has 0 aliphatic carbocycles. The number of anilines is 1. The van der Waals surface area contributed by atoms with Crippen LogP contribution in [0.5, 0.6) is 5.88 Å². The third kappa shape index (κ3) is 2.54. The van der Waals surface area contributed by atoms with Gasteiger partial charge in [-0.25, -0.2) is 13.6 Å². The third-order valence-corrected chi connectivity index (χ3v) is 3.81. The van der Waals surface area contributed by atoms with Gasteiger partial charge in [0.25, 0.3) is 0 Å². The molecule has 0 fully saturated rings. The number of benzene rings is 1. The van der Waals surface area contributed by atoms with Gasteiger partial charge in [0.2, 0.25) is 5.88 Å². The predicted octanol–water partition coefficient (Wildman–Crippen LogP) is 1.94. The summed E-state index contributed by atoms with van der Waals surface area (Å²) in [5.41, 5.74) is 0.0806. The Hall–Kier alpha value is -2.44. The van der Waals surface area contributed by atoms with Crippen LogP contribution in [0.3, 0.4) is 0 Å². The van der Waals surface area contributed by atoms with Crippen molar-refractivity contribution in [3.8, 4) is 5.88 Å². The molecule has 0 bridgehead atoms. The number of hydrogen-bond donors (Lipinski definition) is 0. The van der Waals surface area contributed by atoms with Crippen molar-refractivity contribution < 1.29 is 13.5 Å². The molecule has 0 spiro atoms. The number of halogens is 2. The van der Waals surface area contributed by atoms with E-state index < -0.39 is 11.6 Å². The molecule has 0 N–H and O–H groups in total. The molecule has 0 amide bonds. The number of likely N-dealkylation sites (N-methyl/N-ethyl adjacent to an activating group) is 1. The molecule has 0 radical (unpaired) electrons. The zero-order chi connectivity index (χ0) is 15.9. The van der Waals surface area contributed by atoms with Gasteiger partial charge in [-0.2, -0.15) is 4.98 Å². The fourth-order valence-electron chi connectivity index (χ4n) is 2.41. The molecule has 1 aliphatic rings. The fourth-order valence-corrected chi connectivity index (χ4v) is 2.41. The van der Waals surface area contributed by atoms with Crippen LogP contribution in [-0.4, -0.2) is 22.6 Å². The van der Waals surface area contributed by atoms with E-state index in [1.54, 1.807) is 10.6 Å². The first-order valence-electron chi connectivity index (χ1n) is 6.87. The maximum Gasteiger partial charge on any atom is 0.352 e. The second-order valence-corrected chi connectivity index (χ2v) is 5.34. The summed E-state index contributed by atoms with van der Waals surface area (Å²) in [6.45, 7) is 2.60. The summed E-state index contributed by atoms with van der Waals surface area (Å²) in [5, 5.41) is 0. The van der Waals surface area contributed by atoms with Gasteiger partial charge in [0.05, 0.1) is 0 Å². The molecular weight excluding hydrogens is 292 g/mol. The smallest absolute Gasteiger partial charge is 0.352 e. The van der Waals surface area contributed by atoms with E-state index in [0.29, 0.717) is 12.1 Å². The lowest BCUT2D eigenvalue weighted by molar-refractivity contribution is 0.290. The first-order valence-corrected chi connectivity index (χ1v) is 6.87. The van der Waals surface area contributed by atoms with Crippen LogP contribution in [0.2, 0.25) is 0 Å². The molecule has 1 aromatic carbocycles. The van der Waals surface area contributed by atoms with Crippen LogP contribution in [0.4, 0.5) is 14.6 Å². The summed E-state index contributed by atoms with van der Waals surface area (Å²) in [4.78, 5) is 17.8. The molecule has 22 heavy (non-hydrogen) atoms. The van der Waals surface area contributed by atoms with Crippen molar-refractivity contribution in [1.29, 1.82) is 0 Å². The molecule has 0 saturated heterocycles. The van der Waals surface area contributed by atoms with Gasteiger partial charge in [-0.1, -0.05) is 6.07 Å². The topological polar surface area (TPSA) is 47.4 Å². The van der Waals surface area contributed by atoms with E-state index in [1.165, 1.54) is 6.07 Å². The first-order chi connectivity index (χ1) is 10.5. The molecule has 1 atom stereocenters. The van der Waals surface area contributed by atoms with Crippen molar-refractivity contribution >= 4 is 5.82 Å². The molecule has 1 aliphatic heterocycles. The van der Waals surface area contributed by atoms with Crippen LogP contribution in [0.25, 0.3) is 0 Å². The molecule has 116 valence electrons. The maximum absolute atomic E-state index is 13.1. The number of hydrogen-bond acceptors (Lipinski definition) is 4. The average Bonchev–Trinajstić information content (AvgIpc) is 2.77. The van der Waals surface area contributed by atoms with Gasteiger partial charge in [-0.15, -0.1) is 0 Å². The third-order valence-electron chi connectivity index (χ3n) is 3.81. The zero-order valence-electron chi connectivity index (χ0n) is 12.2. The average molecular weight is 307 g/mol. The number of ether oxygens (including phenoxy) is 1. The standard InChI is InChI=1S/C15H15F2N3O2/c1-9-7-20-14(19(9)2)6-13(18-15(20)21)22-8-10-3-4-11(16)12(17)5-10/h3-6,9H,7-8H2,1-2H3/t9-/m0/s1. The van der Waals surface area contributed by atoms with Crippen molar-refractivity contribution in [2.75, 3.05) is 11.9 Å². The summed E-state index contributed by atoms with van der Waals surface area (Å²) < 4.78 is 33.0. The van der Waals surface area contributed by atoms with Gasteiger partial charge in [-0.3, -0.25) is 4.57 Å². The van der Waals surface area contributed by atoms with Crippen molar-refractivity contribution in [1.82, 2.24) is 9.55 Å². The SMILES string of the molecule is C[C@H]1Cn2c(cc(OCc3ccc(F)c(F)c3)nc2=O)N1C. The van der Waals surface area contributed by atoms with Crippen LogP contribution in [-0.2, 0) is 13.2 Å². The van der Waals surface area contributed by atoms with Gasteiger partial charge in [0.1, 0.15) is 12.4 Å². The minimum absolute atomic E-state index is 0.00631. The van der Waals surface area contributed by atoms with Crippen LogP contribution in [0.1, 0.15) is 12.5 Å². The molecule has 2 aromatic rings. The first kappa shape index (κ1) is 14.5. The second-order valence-electron chi connectivity index (χ2n) is 5.34. The highest BCUT2D eigenvalue weighted by atomic mass is 19.2. The van der Waals surface area contributed by atoms with E-state index >= 15 is 0 Å². The zero-order valence-corrected chi connectivity index (χ0v) is 12.2. The Bertz CT molecular complexity index is 776. The van der Waals surface area contributed by atoms with Crippen molar-refractivity contribution in [2.45, 2.75) is 26.1 Å². The van der Waals surface area contributed by atoms with E-state index in [0.717, 1.165) is 18.0 Å². The van der Waals surface area contributed by atoms with Gasteiger partial charge in [0, 0.05) is 25.7 Å². The second kappa shape index (κ2) is 5.40. The summed E-state index contributed by atoms with van der Waals surface area (Å²) in [6, 6.07) is 5.39. The van der Waals surface area contributed by atoms with Crippen molar-refractivity contribution in [3.05, 3.63) is 51.9 Å². The Morgan fingerprint density at radius 1 is 1.32 bits per heavy atom. The molecule has 0 unspecified atom stereocenters. The quantitative estimate of drug-likeness (QED) is 0.869. The lowest BCUT2D eigenvalue weighted by Crippen LogP contribution is -2.23. The van der Waals surface area contributed by atoms with Crippen molar-refractivity contribution in [2.24, 2.45) is 0 Å². The van der Waals surface area contributed by atoms with E-state index in [9.17, 15) is 13.6 Å². The molecule has 0 saturated carbocycles. The highest BCUT2D eigenvalue weighted by Crippen LogP contribution is 2.24. The Labute approximate surface area is 125 Å². The predicted molar refractivity (Wildman–Crippen MR) is 77.1 cm³/mol. The highest BCUT2D eigenvalue weighted by Gasteiger charge is 2.25. The number of fused-ring (bicyclic) bond motifs is 1. The molecule has 2 heterocycles. The van der Waals surface area contributed by atoms with Crippen molar-refractivity contribution in [3.63, 3.8) is 0 Å². The van der Waals surface area contributed by atoms with Crippen LogP contribution in [0.15, 0.2) is 29.1 Å². The summed E-state index contributed by atoms with van der Waals surface area (Å²) in [6.07, 6.45) is 0. The van der Waals surface area contributed by atoms with Gasteiger partial charge >= 0.3 is 5.69 Å². The van der Waals surface area contributed by atoms with Crippen LogP contribution < -0.4 is 15.3 Å². The summed E-state index contributed by atoms with van der Waals surface area (Å²) in [7, 11) is 1.89. The normalized spacial score (nSPS) is 16.7. The monoisotopic (exact) mass is 307 g/mol. The fraction of sp³-hybridized carbons (Fsp3) is 0.333. The number of rotatable bonds is 3. The van der Waals surface area contributed by atoms with Gasteiger partial charge in [-0.05, 0) is 24.6 Å². The highest BCUT2D eigenvalue weighted by molar-refractivity contribution is 5.45. The van der Waals surface area contributed by atoms with Gasteiger partial charge < -0.3 is 9.64 Å². The van der Waals surface area contributed by atoms with E-state index in [1.807, 2.05) is 18.9 Å². The molecule has 5 nitrogen and oxygen atoms in total. The minimum Gasteiger partial charge on any atom is -0.473 e. The minimum atomic E-state index is -0.934. The molecular formula is C15H15F2N3O2. The number of nitrogens with zero attached hydrogens (tertiary/aromatic N) is 3. The summed E-state index contributed by atoms with van der Waals surface area (Å²) in [5.74, 6) is -0.945. The lowest BCUT2D eigenvalue weighted by Gasteiger charge is -2.16. The Kier molecular flexibility index (Phi) is 3.56. The largest absolute Gasteiger partial charge is 0.473 e. The molecule has 1 aromatic heterocycles. The van der Waals surface area contributed by atoms with Crippen LogP contribution in [0, 0.1) is 11.6 Å². The number of aromatic nitrogens is 2. The Morgan fingerprint density at radius 3 is 2.82 bits per heavy atom. The molecule has 3 rings (SSSR count). The van der Waals surface area contributed by atoms with Gasteiger partial charge in [0.15, 0.2) is 11.6 Å². The van der Waals surface area contributed by atoms with E-state index in [2.05, 4.69) is 4.98 Å². The Morgan fingerprint density at radius 2 is 2.09 bits per heavy atom. The summed E-state index contributed by atoms with van der Waals surface area (Å²) >= 11 is 0. The lowest BCUT2D eigenvalue weighted by atomic mass is 10.2. The Balaban J connectivity index is 1.81. The maximum atomic E-state index is 13.1. The molecule has 7 heteroatoms. The van der Waals surface area contributed by atoms with E-state index in [-0.39, 0.29) is 24.2 Å². The van der Waals surface area contributed by atoms with E-state index in [4.69, 9.17) is 4.74 Å². The van der Waals surface area contributed by atoms with Crippen LogP contribution >= 0.6 is 0 Å².